The lowest BCUT2D eigenvalue weighted by atomic mass is 10.1. The van der Waals surface area contributed by atoms with Crippen molar-refractivity contribution in [2.75, 3.05) is 20.3 Å². The molecule has 158 valence electrons. The van der Waals surface area contributed by atoms with E-state index in [4.69, 9.17) is 39.1 Å². The Kier molecular flexibility index (Phi) is 7.29. The highest BCUT2D eigenvalue weighted by atomic mass is 35.5. The van der Waals surface area contributed by atoms with E-state index in [1.165, 1.54) is 25.3 Å². The van der Waals surface area contributed by atoms with E-state index >= 15 is 0 Å². The van der Waals surface area contributed by atoms with Gasteiger partial charge < -0.3 is 9.47 Å². The van der Waals surface area contributed by atoms with Gasteiger partial charge in [-0.2, -0.15) is 0 Å². The van der Waals surface area contributed by atoms with Crippen LogP contribution in [0, 0.1) is 12.3 Å². The summed E-state index contributed by atoms with van der Waals surface area (Å²) in [4.78, 5) is 38.5. The predicted octanol–water partition coefficient (Wildman–Crippen LogP) is 4.93. The van der Waals surface area contributed by atoms with Crippen LogP contribution in [0.25, 0.3) is 6.08 Å². The lowest BCUT2D eigenvalue weighted by molar-refractivity contribution is -0.122. The third-order valence-electron chi connectivity index (χ3n) is 4.19. The molecule has 9 heteroatoms. The molecule has 2 aromatic carbocycles. The van der Waals surface area contributed by atoms with Gasteiger partial charge in [-0.25, -0.2) is 0 Å². The van der Waals surface area contributed by atoms with Crippen molar-refractivity contribution in [2.24, 2.45) is 0 Å². The number of Topliss-reactive ketones (excluding diaryl/α,β-unsaturated/α-hetero) is 1. The van der Waals surface area contributed by atoms with Crippen molar-refractivity contribution in [3.05, 3.63) is 62.5 Å². The molecule has 0 unspecified atom stereocenters. The Hall–Kier alpha value is -2.92. The van der Waals surface area contributed by atoms with E-state index in [-0.39, 0.29) is 34.6 Å². The number of ether oxygens (including phenoxy) is 2. The molecule has 2 amide bonds. The van der Waals surface area contributed by atoms with Crippen molar-refractivity contribution in [3.63, 3.8) is 0 Å². The highest BCUT2D eigenvalue weighted by molar-refractivity contribution is 8.18. The van der Waals surface area contributed by atoms with Gasteiger partial charge in [-0.05, 0) is 59.8 Å². The van der Waals surface area contributed by atoms with Gasteiger partial charge in [0, 0.05) is 10.6 Å². The molecule has 31 heavy (non-hydrogen) atoms. The summed E-state index contributed by atoms with van der Waals surface area (Å²) >= 11 is 12.8. The van der Waals surface area contributed by atoms with Crippen LogP contribution in [0.15, 0.2) is 41.3 Å². The lowest BCUT2D eigenvalue weighted by Gasteiger charge is -2.12. The molecule has 0 radical (unpaired) electrons. The van der Waals surface area contributed by atoms with Crippen molar-refractivity contribution in [2.45, 2.75) is 0 Å². The van der Waals surface area contributed by atoms with Crippen LogP contribution in [0.1, 0.15) is 15.9 Å². The number of carbonyl (C=O) groups is 3. The molecule has 6 nitrogen and oxygen atoms in total. The van der Waals surface area contributed by atoms with Gasteiger partial charge in [0.1, 0.15) is 6.61 Å². The summed E-state index contributed by atoms with van der Waals surface area (Å²) in [5.41, 5.74) is 0.871. The number of benzene rings is 2. The molecule has 1 aliphatic rings. The maximum atomic E-state index is 12.7. The molecule has 3 rings (SSSR count). The first-order valence-electron chi connectivity index (χ1n) is 8.82. The van der Waals surface area contributed by atoms with Crippen molar-refractivity contribution >= 4 is 58.0 Å². The van der Waals surface area contributed by atoms with E-state index in [9.17, 15) is 14.4 Å². The number of nitrogens with zero attached hydrogens (tertiary/aromatic N) is 1. The predicted molar refractivity (Wildman–Crippen MR) is 121 cm³/mol. The number of thioether (sulfide) groups is 1. The van der Waals surface area contributed by atoms with Crippen molar-refractivity contribution in [3.8, 4) is 23.8 Å². The zero-order valence-corrected chi connectivity index (χ0v) is 18.5. The second-order valence-corrected chi connectivity index (χ2v) is 8.06. The molecule has 0 saturated carbocycles. The van der Waals surface area contributed by atoms with Gasteiger partial charge >= 0.3 is 0 Å². The van der Waals surface area contributed by atoms with E-state index in [1.54, 1.807) is 24.3 Å². The van der Waals surface area contributed by atoms with Crippen molar-refractivity contribution < 1.29 is 23.9 Å². The van der Waals surface area contributed by atoms with E-state index < -0.39 is 11.1 Å². The van der Waals surface area contributed by atoms with Crippen LogP contribution in [0.4, 0.5) is 4.79 Å². The summed E-state index contributed by atoms with van der Waals surface area (Å²) in [5.74, 6) is 2.00. The molecule has 2 aromatic rings. The minimum atomic E-state index is -0.569. The van der Waals surface area contributed by atoms with E-state index in [0.29, 0.717) is 21.9 Å². The number of amides is 2. The molecule has 1 fully saturated rings. The first-order valence-corrected chi connectivity index (χ1v) is 10.4. The van der Waals surface area contributed by atoms with Gasteiger partial charge in [0.05, 0.1) is 23.6 Å². The molecular weight excluding hydrogens is 461 g/mol. The minimum Gasteiger partial charge on any atom is -0.493 e. The second kappa shape index (κ2) is 9.92. The van der Waals surface area contributed by atoms with Gasteiger partial charge in [0.25, 0.3) is 11.1 Å². The summed E-state index contributed by atoms with van der Waals surface area (Å²) in [5, 5.41) is 0.180. The van der Waals surface area contributed by atoms with E-state index in [0.717, 1.165) is 16.7 Å². The molecule has 0 atom stereocenters. The van der Waals surface area contributed by atoms with Crippen LogP contribution in [0.3, 0.4) is 0 Å². The molecule has 0 aromatic heterocycles. The lowest BCUT2D eigenvalue weighted by Crippen LogP contribution is -2.33. The molecular formula is C22H15Cl2NO5S. The molecule has 0 aliphatic carbocycles. The summed E-state index contributed by atoms with van der Waals surface area (Å²) in [7, 11) is 1.44. The van der Waals surface area contributed by atoms with Crippen LogP contribution in [-0.4, -0.2) is 42.1 Å². The summed E-state index contributed by atoms with van der Waals surface area (Å²) < 4.78 is 10.7. The fraction of sp³-hybridized carbons (Fsp3) is 0.136. The number of hydrogen-bond acceptors (Lipinski definition) is 6. The number of methoxy groups -OCH3 is 1. The summed E-state index contributed by atoms with van der Waals surface area (Å²) in [6, 6.07) is 9.37. The third kappa shape index (κ3) is 5.23. The van der Waals surface area contributed by atoms with Gasteiger partial charge in [-0.1, -0.05) is 29.1 Å². The van der Waals surface area contributed by atoms with Gasteiger partial charge in [-0.3, -0.25) is 19.3 Å². The average molecular weight is 476 g/mol. The van der Waals surface area contributed by atoms with E-state index in [1.807, 2.05) is 0 Å². The molecule has 1 heterocycles. The summed E-state index contributed by atoms with van der Waals surface area (Å²) in [6.07, 6.45) is 6.70. The Balaban J connectivity index is 1.81. The second-order valence-electron chi connectivity index (χ2n) is 6.22. The average Bonchev–Trinajstić information content (AvgIpc) is 3.00. The Bertz CT molecular complexity index is 1120. The standard InChI is InChI=1S/C22H15Cl2NO5S/c1-3-8-30-20-16(24)9-13(10-18(20)29-2)11-19-21(27)25(22(28)31-19)12-17(26)14-4-6-15(23)7-5-14/h1,4-7,9-11H,8,12H2,2H3/b19-11+. The Labute approximate surface area is 193 Å². The van der Waals surface area contributed by atoms with Crippen LogP contribution in [0.2, 0.25) is 10.0 Å². The highest BCUT2D eigenvalue weighted by Gasteiger charge is 2.36. The Morgan fingerprint density at radius 3 is 2.58 bits per heavy atom. The Morgan fingerprint density at radius 2 is 1.94 bits per heavy atom. The van der Waals surface area contributed by atoms with Gasteiger partial charge in [0.15, 0.2) is 17.3 Å². The molecule has 1 aliphatic heterocycles. The Morgan fingerprint density at radius 1 is 1.23 bits per heavy atom. The number of halogens is 2. The third-order valence-corrected chi connectivity index (χ3v) is 5.63. The largest absolute Gasteiger partial charge is 0.493 e. The van der Waals surface area contributed by atoms with Crippen LogP contribution in [-0.2, 0) is 4.79 Å². The fourth-order valence-corrected chi connectivity index (χ4v) is 3.97. The first kappa shape index (κ1) is 22.8. The molecule has 0 bridgehead atoms. The smallest absolute Gasteiger partial charge is 0.293 e. The van der Waals surface area contributed by atoms with Crippen LogP contribution < -0.4 is 9.47 Å². The number of rotatable bonds is 7. The topological polar surface area (TPSA) is 72.9 Å². The normalized spacial score (nSPS) is 14.6. The quantitative estimate of drug-likeness (QED) is 0.321. The monoisotopic (exact) mass is 475 g/mol. The maximum Gasteiger partial charge on any atom is 0.293 e. The van der Waals surface area contributed by atoms with E-state index in [2.05, 4.69) is 5.92 Å². The zero-order chi connectivity index (χ0) is 22.5. The van der Waals surface area contributed by atoms with Crippen LogP contribution in [0.5, 0.6) is 11.5 Å². The highest BCUT2D eigenvalue weighted by Crippen LogP contribution is 2.39. The van der Waals surface area contributed by atoms with Crippen LogP contribution >= 0.6 is 35.0 Å². The van der Waals surface area contributed by atoms with Gasteiger partial charge in [0.2, 0.25) is 0 Å². The fourth-order valence-electron chi connectivity index (χ4n) is 2.74. The van der Waals surface area contributed by atoms with Crippen molar-refractivity contribution in [1.82, 2.24) is 4.90 Å². The number of carbonyl (C=O) groups excluding carboxylic acids is 3. The minimum absolute atomic E-state index is 0.00988. The van der Waals surface area contributed by atoms with Crippen molar-refractivity contribution in [1.29, 1.82) is 0 Å². The number of hydrogen-bond donors (Lipinski definition) is 0. The summed E-state index contributed by atoms with van der Waals surface area (Å²) in [6.45, 7) is -0.359. The molecule has 1 saturated heterocycles. The van der Waals surface area contributed by atoms with Gasteiger partial charge in [-0.15, -0.1) is 6.42 Å². The number of imide groups is 1. The number of terminal acetylenes is 1. The number of ketones is 1. The maximum absolute atomic E-state index is 12.7. The SMILES string of the molecule is C#CCOc1c(Cl)cc(/C=C2/SC(=O)N(CC(=O)c3ccc(Cl)cc3)C2=O)cc1OC. The molecule has 0 spiro atoms. The molecule has 0 N–H and O–H groups in total. The first-order chi connectivity index (χ1) is 14.8. The zero-order valence-electron chi connectivity index (χ0n) is 16.2.